The molecule has 0 aromatic rings. The SMILES string of the molecule is C=C[C@@H](CCCO[Si](C)(C)C(C)(C)C)[C@H](O)/C=C(\I)CCCO[Si](C)(C)C(C)(C)C. The van der Waals surface area contributed by atoms with Gasteiger partial charge in [-0.3, -0.25) is 0 Å². The van der Waals surface area contributed by atoms with Crippen LogP contribution in [0.25, 0.3) is 0 Å². The van der Waals surface area contributed by atoms with Crippen LogP contribution in [0.2, 0.25) is 36.3 Å². The van der Waals surface area contributed by atoms with E-state index in [0.29, 0.717) is 0 Å². The molecule has 1 N–H and O–H groups in total. The van der Waals surface area contributed by atoms with Crippen molar-refractivity contribution in [1.29, 1.82) is 0 Å². The number of hydrogen-bond donors (Lipinski definition) is 1. The summed E-state index contributed by atoms with van der Waals surface area (Å²) in [6, 6.07) is 0. The summed E-state index contributed by atoms with van der Waals surface area (Å²) in [6.45, 7) is 28.3. The summed E-state index contributed by atoms with van der Waals surface area (Å²) in [6.07, 6.45) is 7.19. The Bertz CT molecular complexity index is 546. The maximum atomic E-state index is 10.7. The lowest BCUT2D eigenvalue weighted by Crippen LogP contribution is -2.41. The molecule has 30 heavy (non-hydrogen) atoms. The second kappa shape index (κ2) is 12.7. The summed E-state index contributed by atoms with van der Waals surface area (Å²) in [5.74, 6) is 0.0706. The van der Waals surface area contributed by atoms with Gasteiger partial charge in [-0.15, -0.1) is 6.58 Å². The molecule has 0 radical (unpaired) electrons. The fourth-order valence-electron chi connectivity index (χ4n) is 2.47. The number of allylic oxidation sites excluding steroid dienone is 1. The van der Waals surface area contributed by atoms with Crippen LogP contribution in [-0.4, -0.2) is 41.1 Å². The third kappa shape index (κ3) is 10.9. The van der Waals surface area contributed by atoms with Crippen molar-refractivity contribution in [2.45, 2.75) is 110 Å². The van der Waals surface area contributed by atoms with Crippen LogP contribution in [0.5, 0.6) is 0 Å². The van der Waals surface area contributed by atoms with Gasteiger partial charge >= 0.3 is 0 Å². The first-order valence-corrected chi connectivity index (χ1v) is 18.3. The zero-order valence-corrected chi connectivity index (χ0v) is 25.6. The first-order valence-electron chi connectivity index (χ1n) is 11.4. The fraction of sp³-hybridized carbons (Fsp3) is 0.833. The highest BCUT2D eigenvalue weighted by Gasteiger charge is 2.37. The predicted molar refractivity (Wildman–Crippen MR) is 147 cm³/mol. The first-order chi connectivity index (χ1) is 13.4. The lowest BCUT2D eigenvalue weighted by Gasteiger charge is -2.36. The van der Waals surface area contributed by atoms with Gasteiger partial charge < -0.3 is 14.0 Å². The van der Waals surface area contributed by atoms with Gasteiger partial charge in [0.15, 0.2) is 16.6 Å². The van der Waals surface area contributed by atoms with Crippen molar-refractivity contribution in [2.75, 3.05) is 13.2 Å². The Morgan fingerprint density at radius 3 is 1.77 bits per heavy atom. The van der Waals surface area contributed by atoms with Gasteiger partial charge in [-0.2, -0.15) is 0 Å². The third-order valence-corrected chi connectivity index (χ3v) is 16.8. The summed E-state index contributed by atoms with van der Waals surface area (Å²) < 4.78 is 13.7. The van der Waals surface area contributed by atoms with Crippen LogP contribution in [-0.2, 0) is 8.85 Å². The zero-order chi connectivity index (χ0) is 23.8. The standard InChI is InChI=1S/C24H49IO3Si2/c1-12-20(15-13-17-27-29(8,9)23(2,3)4)22(26)19-21(25)16-14-18-28-30(10,11)24(5,6)7/h12,19-20,22,26H,1,13-18H2,2-11H3/b21-19-/t20-,22+/m0/s1. The van der Waals surface area contributed by atoms with Crippen molar-refractivity contribution in [2.24, 2.45) is 5.92 Å². The lowest BCUT2D eigenvalue weighted by atomic mass is 9.96. The van der Waals surface area contributed by atoms with Gasteiger partial charge in [0.25, 0.3) is 0 Å². The fourth-order valence-corrected chi connectivity index (χ4v) is 5.39. The van der Waals surface area contributed by atoms with Crippen molar-refractivity contribution in [3.05, 3.63) is 22.3 Å². The van der Waals surface area contributed by atoms with Crippen molar-refractivity contribution >= 4 is 39.2 Å². The maximum Gasteiger partial charge on any atom is 0.191 e. The van der Waals surface area contributed by atoms with E-state index >= 15 is 0 Å². The Morgan fingerprint density at radius 2 is 1.37 bits per heavy atom. The monoisotopic (exact) mass is 568 g/mol. The van der Waals surface area contributed by atoms with E-state index in [-0.39, 0.29) is 16.0 Å². The van der Waals surface area contributed by atoms with E-state index in [9.17, 15) is 5.11 Å². The van der Waals surface area contributed by atoms with Gasteiger partial charge in [0.05, 0.1) is 6.10 Å². The molecule has 0 aromatic carbocycles. The molecule has 2 atom stereocenters. The van der Waals surface area contributed by atoms with E-state index in [1.165, 1.54) is 3.58 Å². The van der Waals surface area contributed by atoms with E-state index in [2.05, 4.69) is 96.9 Å². The Hall–Kier alpha value is 0.524. The minimum atomic E-state index is -1.70. The predicted octanol–water partition coefficient (Wildman–Crippen LogP) is 8.07. The second-order valence-corrected chi connectivity index (χ2v) is 22.5. The minimum absolute atomic E-state index is 0.0706. The molecular formula is C24H49IO3Si2. The van der Waals surface area contributed by atoms with E-state index in [1.807, 2.05) is 12.2 Å². The molecular weight excluding hydrogens is 519 g/mol. The molecule has 0 aliphatic heterocycles. The normalized spacial score (nSPS) is 16.5. The van der Waals surface area contributed by atoms with Crippen molar-refractivity contribution in [1.82, 2.24) is 0 Å². The molecule has 0 bridgehead atoms. The quantitative estimate of drug-likeness (QED) is 0.106. The molecule has 0 saturated heterocycles. The van der Waals surface area contributed by atoms with Crippen molar-refractivity contribution in [3.63, 3.8) is 0 Å². The number of halogens is 1. The molecule has 0 unspecified atom stereocenters. The number of hydrogen-bond acceptors (Lipinski definition) is 3. The van der Waals surface area contributed by atoms with Gasteiger partial charge in [0.1, 0.15) is 0 Å². The van der Waals surface area contributed by atoms with Gasteiger partial charge in [0, 0.05) is 19.1 Å². The molecule has 0 amide bonds. The Balaban J connectivity index is 4.44. The zero-order valence-electron chi connectivity index (χ0n) is 21.4. The molecule has 0 spiro atoms. The molecule has 178 valence electrons. The highest BCUT2D eigenvalue weighted by Crippen LogP contribution is 2.37. The molecule has 0 rings (SSSR count). The van der Waals surface area contributed by atoms with Gasteiger partial charge in [-0.05, 0) is 94.2 Å². The average Bonchev–Trinajstić information content (AvgIpc) is 2.56. The van der Waals surface area contributed by atoms with Crippen LogP contribution in [0.1, 0.15) is 67.2 Å². The smallest absolute Gasteiger partial charge is 0.191 e. The largest absolute Gasteiger partial charge is 0.417 e. The van der Waals surface area contributed by atoms with Crippen LogP contribution in [0.15, 0.2) is 22.3 Å². The first kappa shape index (κ1) is 30.5. The molecule has 3 nitrogen and oxygen atoms in total. The molecule has 0 aliphatic rings. The molecule has 0 fully saturated rings. The van der Waals surface area contributed by atoms with Crippen molar-refractivity contribution in [3.8, 4) is 0 Å². The van der Waals surface area contributed by atoms with Crippen LogP contribution in [0.3, 0.4) is 0 Å². The Kier molecular flexibility index (Phi) is 12.9. The molecule has 0 aliphatic carbocycles. The summed E-state index contributed by atoms with van der Waals surface area (Å²) in [4.78, 5) is 0. The number of rotatable bonds is 13. The van der Waals surface area contributed by atoms with E-state index in [0.717, 1.165) is 38.9 Å². The average molecular weight is 569 g/mol. The molecule has 0 saturated carbocycles. The second-order valence-electron chi connectivity index (χ2n) is 11.5. The highest BCUT2D eigenvalue weighted by atomic mass is 127. The van der Waals surface area contributed by atoms with Crippen molar-refractivity contribution < 1.29 is 14.0 Å². The molecule has 6 heteroatoms. The number of aliphatic hydroxyl groups is 1. The number of aliphatic hydroxyl groups excluding tert-OH is 1. The summed E-state index contributed by atoms with van der Waals surface area (Å²) in [7, 11) is -3.37. The van der Waals surface area contributed by atoms with E-state index < -0.39 is 22.7 Å². The third-order valence-electron chi connectivity index (χ3n) is 6.87. The van der Waals surface area contributed by atoms with Gasteiger partial charge in [0.2, 0.25) is 0 Å². The maximum absolute atomic E-state index is 10.7. The lowest BCUT2D eigenvalue weighted by molar-refractivity contribution is 0.163. The Labute approximate surface area is 203 Å². The summed E-state index contributed by atoms with van der Waals surface area (Å²) in [5, 5.41) is 11.1. The van der Waals surface area contributed by atoms with Crippen LogP contribution in [0, 0.1) is 5.92 Å². The topological polar surface area (TPSA) is 38.7 Å². The summed E-state index contributed by atoms with van der Waals surface area (Å²) >= 11 is 2.35. The van der Waals surface area contributed by atoms with Crippen LogP contribution in [0.4, 0.5) is 0 Å². The van der Waals surface area contributed by atoms with Gasteiger partial charge in [-0.25, -0.2) is 0 Å². The Morgan fingerprint density at radius 1 is 0.933 bits per heavy atom. The van der Waals surface area contributed by atoms with Crippen LogP contribution < -0.4 is 0 Å². The van der Waals surface area contributed by atoms with E-state index in [1.54, 1.807) is 0 Å². The van der Waals surface area contributed by atoms with Gasteiger partial charge in [-0.1, -0.05) is 47.6 Å². The molecule has 0 heterocycles. The highest BCUT2D eigenvalue weighted by molar-refractivity contribution is 14.1. The van der Waals surface area contributed by atoms with Crippen LogP contribution >= 0.6 is 22.6 Å². The minimum Gasteiger partial charge on any atom is -0.417 e. The van der Waals surface area contributed by atoms with E-state index in [4.69, 9.17) is 8.85 Å². The summed E-state index contributed by atoms with van der Waals surface area (Å²) in [5.41, 5.74) is 0. The molecule has 0 aromatic heterocycles.